The maximum Gasteiger partial charge on any atom is 0.525 e. The van der Waals surface area contributed by atoms with Crippen molar-refractivity contribution in [3.05, 3.63) is 46.6 Å². The monoisotopic (exact) mass is 360 g/mol. The van der Waals surface area contributed by atoms with Crippen molar-refractivity contribution in [2.24, 2.45) is 0 Å². The molecule has 4 rings (SSSR count). The molecule has 0 aliphatic carbocycles. The van der Waals surface area contributed by atoms with Gasteiger partial charge in [0.2, 0.25) is 0 Å². The lowest BCUT2D eigenvalue weighted by molar-refractivity contribution is 0.00578. The molecular weight excluding hydrogens is 337 g/mol. The van der Waals surface area contributed by atoms with E-state index in [0.29, 0.717) is 23.4 Å². The fourth-order valence-corrected chi connectivity index (χ4v) is 3.56. The van der Waals surface area contributed by atoms with Crippen molar-refractivity contribution in [2.75, 3.05) is 18.4 Å². The van der Waals surface area contributed by atoms with Crippen LogP contribution in [0.15, 0.2) is 35.2 Å². The smallest absolute Gasteiger partial charge is 0.398 e. The Hall–Kier alpha value is -1.70. The van der Waals surface area contributed by atoms with E-state index in [1.807, 2.05) is 27.7 Å². The molecule has 1 aromatic carbocycles. The molecule has 2 N–H and O–H groups in total. The Labute approximate surface area is 152 Å². The molecule has 0 radical (unpaired) electrons. The van der Waals surface area contributed by atoms with E-state index in [2.05, 4.69) is 10.6 Å². The Bertz CT molecular complexity index is 817. The zero-order valence-electron chi connectivity index (χ0n) is 15.5. The van der Waals surface area contributed by atoms with Crippen molar-refractivity contribution in [3.63, 3.8) is 0 Å². The van der Waals surface area contributed by atoms with Crippen molar-refractivity contribution >= 4 is 18.4 Å². The number of nitrogens with one attached hydrogen (secondary N) is 2. The summed E-state index contributed by atoms with van der Waals surface area (Å²) in [5, 5.41) is 6.59. The summed E-state index contributed by atoms with van der Waals surface area (Å²) in [5.74, 6) is -0.405. The Balaban J connectivity index is 1.86. The number of halogens is 2. The molecule has 1 aromatic rings. The zero-order valence-corrected chi connectivity index (χ0v) is 15.5. The van der Waals surface area contributed by atoms with Crippen molar-refractivity contribution in [1.29, 1.82) is 0 Å². The number of hydrogen-bond donors (Lipinski definition) is 2. The van der Waals surface area contributed by atoms with Crippen LogP contribution in [0.25, 0.3) is 5.57 Å². The highest BCUT2D eigenvalue weighted by Crippen LogP contribution is 2.45. The van der Waals surface area contributed by atoms with Gasteiger partial charge in [-0.25, -0.2) is 8.78 Å². The number of benzene rings is 1. The van der Waals surface area contributed by atoms with Crippen LogP contribution in [0.5, 0.6) is 0 Å². The molecule has 4 nitrogen and oxygen atoms in total. The highest BCUT2D eigenvalue weighted by atomic mass is 19.1. The van der Waals surface area contributed by atoms with Crippen LogP contribution in [0.3, 0.4) is 0 Å². The van der Waals surface area contributed by atoms with Gasteiger partial charge in [0, 0.05) is 42.0 Å². The summed E-state index contributed by atoms with van der Waals surface area (Å²) < 4.78 is 41.4. The van der Waals surface area contributed by atoms with Crippen LogP contribution in [-0.4, -0.2) is 31.4 Å². The van der Waals surface area contributed by atoms with Crippen molar-refractivity contribution in [1.82, 2.24) is 5.32 Å². The van der Waals surface area contributed by atoms with E-state index >= 15 is 4.39 Å². The van der Waals surface area contributed by atoms with Gasteiger partial charge in [0.25, 0.3) is 0 Å². The van der Waals surface area contributed by atoms with Crippen LogP contribution in [0.1, 0.15) is 39.7 Å². The third kappa shape index (κ3) is 2.69. The molecule has 0 spiro atoms. The molecule has 3 aliphatic rings. The van der Waals surface area contributed by atoms with E-state index in [-0.39, 0.29) is 0 Å². The Morgan fingerprint density at radius 3 is 2.54 bits per heavy atom. The van der Waals surface area contributed by atoms with Gasteiger partial charge < -0.3 is 19.9 Å². The first-order chi connectivity index (χ1) is 12.2. The molecule has 0 amide bonds. The van der Waals surface area contributed by atoms with Crippen LogP contribution < -0.4 is 10.6 Å². The van der Waals surface area contributed by atoms with Crippen molar-refractivity contribution in [3.8, 4) is 0 Å². The first-order valence-electron chi connectivity index (χ1n) is 8.95. The molecule has 26 heavy (non-hydrogen) atoms. The van der Waals surface area contributed by atoms with Gasteiger partial charge in [0.1, 0.15) is 11.5 Å². The molecular formula is C19H23BF2N2O2. The number of hydrogen-bond acceptors (Lipinski definition) is 4. The molecule has 3 aliphatic heterocycles. The van der Waals surface area contributed by atoms with Gasteiger partial charge >= 0.3 is 7.12 Å². The minimum absolute atomic E-state index is 0.374. The second-order valence-electron chi connectivity index (χ2n) is 8.01. The Morgan fingerprint density at radius 1 is 1.15 bits per heavy atom. The lowest BCUT2D eigenvalue weighted by atomic mass is 9.77. The molecule has 0 atom stereocenters. The molecule has 0 unspecified atom stereocenters. The highest BCUT2D eigenvalue weighted by Gasteiger charge is 2.54. The molecule has 1 fully saturated rings. The summed E-state index contributed by atoms with van der Waals surface area (Å²) in [4.78, 5) is 0. The van der Waals surface area contributed by atoms with Gasteiger partial charge in [-0.2, -0.15) is 0 Å². The number of rotatable bonds is 1. The molecule has 0 bridgehead atoms. The predicted octanol–water partition coefficient (Wildman–Crippen LogP) is 3.81. The zero-order chi connectivity index (χ0) is 18.7. The minimum atomic E-state index is -1.11. The normalized spacial score (nSPS) is 25.5. The van der Waals surface area contributed by atoms with Gasteiger partial charge in [-0.3, -0.25) is 0 Å². The highest BCUT2D eigenvalue weighted by molar-refractivity contribution is 6.55. The van der Waals surface area contributed by atoms with E-state index in [0.717, 1.165) is 24.2 Å². The fourth-order valence-electron chi connectivity index (χ4n) is 3.56. The van der Waals surface area contributed by atoms with E-state index in [1.165, 1.54) is 12.1 Å². The second-order valence-corrected chi connectivity index (χ2v) is 8.01. The van der Waals surface area contributed by atoms with E-state index < -0.39 is 29.9 Å². The average Bonchev–Trinajstić information content (AvgIpc) is 2.80. The van der Waals surface area contributed by atoms with E-state index in [9.17, 15) is 4.39 Å². The van der Waals surface area contributed by atoms with E-state index in [4.69, 9.17) is 9.31 Å². The quantitative estimate of drug-likeness (QED) is 0.748. The lowest BCUT2D eigenvalue weighted by Crippen LogP contribution is -2.41. The first-order valence-corrected chi connectivity index (χ1v) is 8.95. The fraction of sp³-hybridized carbons (Fsp3) is 0.474. The molecule has 0 aromatic heterocycles. The maximum atomic E-state index is 15.7. The Kier molecular flexibility index (Phi) is 4.02. The summed E-state index contributed by atoms with van der Waals surface area (Å²) in [6, 6.07) is 4.39. The van der Waals surface area contributed by atoms with Crippen molar-refractivity contribution < 1.29 is 18.1 Å². The maximum absolute atomic E-state index is 15.7. The summed E-state index contributed by atoms with van der Waals surface area (Å²) in [7, 11) is -1.11. The molecule has 3 heterocycles. The van der Waals surface area contributed by atoms with Crippen LogP contribution in [-0.2, 0) is 9.31 Å². The third-order valence-electron chi connectivity index (χ3n) is 5.76. The van der Waals surface area contributed by atoms with Crippen LogP contribution in [0.4, 0.5) is 14.5 Å². The summed E-state index contributed by atoms with van der Waals surface area (Å²) in [5.41, 5.74) is 1.55. The topological polar surface area (TPSA) is 42.5 Å². The SMILES string of the molecule is CC1(C)OB(C(F)=C2C3=C(CCNC3)Nc3ccc(F)cc32)OC1(C)C. The van der Waals surface area contributed by atoms with Gasteiger partial charge in [-0.15, -0.1) is 0 Å². The number of anilines is 1. The standard InChI is InChI=1S/C19H23BF2N2O2/c1-18(2)19(3,4)26-20(25-18)17(22)16-12-9-11(21)5-6-14(12)24-15-7-8-23-10-13(15)16/h5-6,9,23-24H,7-8,10H2,1-4H3. The lowest BCUT2D eigenvalue weighted by Gasteiger charge is -2.32. The first kappa shape index (κ1) is 17.7. The van der Waals surface area contributed by atoms with E-state index in [1.54, 1.807) is 6.07 Å². The minimum Gasteiger partial charge on any atom is -0.398 e. The van der Waals surface area contributed by atoms with Gasteiger partial charge in [0.15, 0.2) is 0 Å². The number of fused-ring (bicyclic) bond motifs is 1. The average molecular weight is 360 g/mol. The van der Waals surface area contributed by atoms with Crippen LogP contribution >= 0.6 is 0 Å². The molecule has 1 saturated heterocycles. The van der Waals surface area contributed by atoms with Gasteiger partial charge in [0.05, 0.1) is 11.2 Å². The van der Waals surface area contributed by atoms with Gasteiger partial charge in [-0.05, 0) is 51.5 Å². The third-order valence-corrected chi connectivity index (χ3v) is 5.76. The van der Waals surface area contributed by atoms with Crippen molar-refractivity contribution in [2.45, 2.75) is 45.3 Å². The largest absolute Gasteiger partial charge is 0.525 e. The summed E-state index contributed by atoms with van der Waals surface area (Å²) in [6.45, 7) is 8.86. The molecule has 0 saturated carbocycles. The summed E-state index contributed by atoms with van der Waals surface area (Å²) >= 11 is 0. The molecule has 7 heteroatoms. The Morgan fingerprint density at radius 2 is 1.85 bits per heavy atom. The predicted molar refractivity (Wildman–Crippen MR) is 98.6 cm³/mol. The summed E-state index contributed by atoms with van der Waals surface area (Å²) in [6.07, 6.45) is 0.756. The second kappa shape index (κ2) is 5.91. The van der Waals surface area contributed by atoms with Crippen LogP contribution in [0, 0.1) is 5.82 Å². The van der Waals surface area contributed by atoms with Crippen LogP contribution in [0.2, 0.25) is 0 Å². The van der Waals surface area contributed by atoms with Gasteiger partial charge in [-0.1, -0.05) is 0 Å². The molecule has 138 valence electrons.